The Hall–Kier alpha value is -3.39. The molecule has 1 atom stereocenters. The third-order valence-corrected chi connectivity index (χ3v) is 6.28. The summed E-state index contributed by atoms with van der Waals surface area (Å²) in [5.74, 6) is 3.01. The number of rotatable bonds is 8. The van der Waals surface area contributed by atoms with E-state index < -0.39 is 0 Å². The van der Waals surface area contributed by atoms with Crippen molar-refractivity contribution >= 4 is 22.9 Å². The molecule has 3 aromatic rings. The number of thiocarbonyl (C=S) groups is 1. The van der Waals surface area contributed by atoms with Gasteiger partial charge in [-0.3, -0.25) is 0 Å². The second-order valence-electron chi connectivity index (χ2n) is 8.65. The van der Waals surface area contributed by atoms with E-state index in [1.165, 1.54) is 0 Å². The summed E-state index contributed by atoms with van der Waals surface area (Å²) in [6, 6.07) is 15.3. The van der Waals surface area contributed by atoms with Crippen LogP contribution in [0.3, 0.4) is 0 Å². The molecule has 1 aliphatic rings. The van der Waals surface area contributed by atoms with E-state index in [0.717, 1.165) is 46.9 Å². The first-order chi connectivity index (χ1) is 16.4. The Bertz CT molecular complexity index is 1200. The van der Waals surface area contributed by atoms with E-state index in [9.17, 15) is 0 Å². The molecule has 2 aromatic carbocycles. The minimum Gasteiger partial charge on any atom is -0.497 e. The summed E-state index contributed by atoms with van der Waals surface area (Å²) in [6.45, 7) is 7.28. The molecule has 1 unspecified atom stereocenters. The number of methoxy groups -OCH3 is 2. The van der Waals surface area contributed by atoms with Gasteiger partial charge < -0.3 is 24.2 Å². The van der Waals surface area contributed by atoms with Crippen LogP contribution in [0, 0.1) is 5.92 Å². The summed E-state index contributed by atoms with van der Waals surface area (Å²) >= 11 is 5.78. The quantitative estimate of drug-likeness (QED) is 0.428. The van der Waals surface area contributed by atoms with Crippen molar-refractivity contribution in [2.24, 2.45) is 5.92 Å². The average Bonchev–Trinajstić information content (AvgIpc) is 3.33. The molecule has 2 heterocycles. The molecule has 4 rings (SSSR count). The standard InChI is InChI=1S/C26H30N4O3S/c1-16(2)12-13-30-17(3)22(23(27-26(30)34)18-8-6-10-20(14-18)31-4)25-28-24(29-33-25)19-9-7-11-21(15-19)32-5/h6-11,14-16,23H,12-13H2,1-5H3,(H,27,34). The van der Waals surface area contributed by atoms with Gasteiger partial charge in [0.1, 0.15) is 11.5 Å². The van der Waals surface area contributed by atoms with E-state index in [4.69, 9.17) is 31.2 Å². The van der Waals surface area contributed by atoms with Crippen LogP contribution in [-0.4, -0.2) is 40.9 Å². The van der Waals surface area contributed by atoms with Crippen molar-refractivity contribution in [3.8, 4) is 22.9 Å². The maximum atomic E-state index is 5.82. The predicted molar refractivity (Wildman–Crippen MR) is 137 cm³/mol. The highest BCUT2D eigenvalue weighted by Gasteiger charge is 2.34. The number of allylic oxidation sites excluding steroid dienone is 1. The fourth-order valence-electron chi connectivity index (χ4n) is 4.00. The summed E-state index contributed by atoms with van der Waals surface area (Å²) in [6.07, 6.45) is 1.01. The number of nitrogens with one attached hydrogen (secondary N) is 1. The van der Waals surface area contributed by atoms with Gasteiger partial charge in [0.25, 0.3) is 5.89 Å². The maximum absolute atomic E-state index is 5.82. The van der Waals surface area contributed by atoms with Crippen molar-refractivity contribution in [3.63, 3.8) is 0 Å². The lowest BCUT2D eigenvalue weighted by Gasteiger charge is -2.37. The SMILES string of the molecule is COc1cccc(-c2noc(C3=C(C)N(CCC(C)C)C(=S)NC3c3cccc(OC)c3)n2)c1. The minimum absolute atomic E-state index is 0.253. The van der Waals surface area contributed by atoms with Gasteiger partial charge in [-0.25, -0.2) is 0 Å². The Labute approximate surface area is 205 Å². The first-order valence-corrected chi connectivity index (χ1v) is 11.7. The Balaban J connectivity index is 1.79. The molecule has 7 nitrogen and oxygen atoms in total. The highest BCUT2D eigenvalue weighted by atomic mass is 32.1. The summed E-state index contributed by atoms with van der Waals surface area (Å²) < 4.78 is 16.6. The third kappa shape index (κ3) is 4.92. The summed E-state index contributed by atoms with van der Waals surface area (Å²) in [4.78, 5) is 6.89. The van der Waals surface area contributed by atoms with Crippen LogP contribution >= 0.6 is 12.2 Å². The number of benzene rings is 2. The Morgan fingerprint density at radius 3 is 2.50 bits per heavy atom. The molecular formula is C26H30N4O3S. The predicted octanol–water partition coefficient (Wildman–Crippen LogP) is 5.46. The third-order valence-electron chi connectivity index (χ3n) is 5.94. The molecule has 0 aliphatic carbocycles. The molecule has 0 saturated carbocycles. The molecule has 0 radical (unpaired) electrons. The van der Waals surface area contributed by atoms with Crippen molar-refractivity contribution in [2.45, 2.75) is 33.2 Å². The topological polar surface area (TPSA) is 72.7 Å². The first kappa shape index (κ1) is 23.8. The molecule has 8 heteroatoms. The van der Waals surface area contributed by atoms with Crippen LogP contribution in [0.15, 0.2) is 58.8 Å². The van der Waals surface area contributed by atoms with Crippen LogP contribution in [0.5, 0.6) is 11.5 Å². The molecule has 0 saturated heterocycles. The number of ether oxygens (including phenoxy) is 2. The zero-order valence-electron chi connectivity index (χ0n) is 20.2. The highest BCUT2D eigenvalue weighted by Crippen LogP contribution is 2.38. The average molecular weight is 479 g/mol. The number of aromatic nitrogens is 2. The lowest BCUT2D eigenvalue weighted by Crippen LogP contribution is -2.46. The molecule has 34 heavy (non-hydrogen) atoms. The molecule has 0 spiro atoms. The summed E-state index contributed by atoms with van der Waals surface area (Å²) in [5.41, 5.74) is 3.72. The summed E-state index contributed by atoms with van der Waals surface area (Å²) in [7, 11) is 3.29. The van der Waals surface area contributed by atoms with Gasteiger partial charge in [-0.05, 0) is 61.3 Å². The minimum atomic E-state index is -0.253. The van der Waals surface area contributed by atoms with Gasteiger partial charge in [-0.1, -0.05) is 43.3 Å². The van der Waals surface area contributed by atoms with E-state index in [1.54, 1.807) is 14.2 Å². The Kier molecular flexibility index (Phi) is 7.17. The van der Waals surface area contributed by atoms with Crippen molar-refractivity contribution in [1.82, 2.24) is 20.4 Å². The molecule has 178 valence electrons. The second kappa shape index (κ2) is 10.3. The highest BCUT2D eigenvalue weighted by molar-refractivity contribution is 7.80. The van der Waals surface area contributed by atoms with Crippen molar-refractivity contribution in [2.75, 3.05) is 20.8 Å². The summed E-state index contributed by atoms with van der Waals surface area (Å²) in [5, 5.41) is 8.45. The van der Waals surface area contributed by atoms with Gasteiger partial charge in [0, 0.05) is 17.8 Å². The van der Waals surface area contributed by atoms with Crippen molar-refractivity contribution < 1.29 is 14.0 Å². The molecule has 1 N–H and O–H groups in total. The smallest absolute Gasteiger partial charge is 0.258 e. The monoisotopic (exact) mass is 478 g/mol. The first-order valence-electron chi connectivity index (χ1n) is 11.3. The van der Waals surface area contributed by atoms with Crippen LogP contribution in [0.2, 0.25) is 0 Å². The van der Waals surface area contributed by atoms with Crippen LogP contribution in [-0.2, 0) is 0 Å². The fourth-order valence-corrected chi connectivity index (χ4v) is 4.34. The van der Waals surface area contributed by atoms with E-state index >= 15 is 0 Å². The van der Waals surface area contributed by atoms with Gasteiger partial charge in [0.2, 0.25) is 5.82 Å². The molecule has 0 amide bonds. The van der Waals surface area contributed by atoms with E-state index in [2.05, 4.69) is 36.1 Å². The lowest BCUT2D eigenvalue weighted by molar-refractivity contribution is 0.390. The molecule has 0 fully saturated rings. The van der Waals surface area contributed by atoms with Crippen molar-refractivity contribution in [3.05, 3.63) is 65.7 Å². The number of hydrogen-bond donors (Lipinski definition) is 1. The number of nitrogens with zero attached hydrogens (tertiary/aromatic N) is 3. The second-order valence-corrected chi connectivity index (χ2v) is 9.03. The normalized spacial score (nSPS) is 16.1. The van der Waals surface area contributed by atoms with Crippen molar-refractivity contribution in [1.29, 1.82) is 0 Å². The van der Waals surface area contributed by atoms with E-state index in [1.807, 2.05) is 48.5 Å². The maximum Gasteiger partial charge on any atom is 0.258 e. The van der Waals surface area contributed by atoms with E-state index in [-0.39, 0.29) is 6.04 Å². The van der Waals surface area contributed by atoms with E-state index in [0.29, 0.717) is 22.7 Å². The van der Waals surface area contributed by atoms with Crippen LogP contribution in [0.4, 0.5) is 0 Å². The largest absolute Gasteiger partial charge is 0.497 e. The Morgan fingerprint density at radius 1 is 1.09 bits per heavy atom. The molecule has 1 aliphatic heterocycles. The Morgan fingerprint density at radius 2 is 1.79 bits per heavy atom. The van der Waals surface area contributed by atoms with Gasteiger partial charge in [-0.15, -0.1) is 0 Å². The fraction of sp³-hybridized carbons (Fsp3) is 0.346. The van der Waals surface area contributed by atoms with Gasteiger partial charge in [-0.2, -0.15) is 4.98 Å². The molecular weight excluding hydrogens is 448 g/mol. The van der Waals surface area contributed by atoms with Gasteiger partial charge in [0.05, 0.1) is 25.8 Å². The van der Waals surface area contributed by atoms with Crippen LogP contribution in [0.1, 0.15) is 44.7 Å². The molecule has 0 bridgehead atoms. The number of hydrogen-bond acceptors (Lipinski definition) is 6. The zero-order chi connectivity index (χ0) is 24.2. The van der Waals surface area contributed by atoms with Crippen LogP contribution in [0.25, 0.3) is 17.0 Å². The van der Waals surface area contributed by atoms with Crippen LogP contribution < -0.4 is 14.8 Å². The van der Waals surface area contributed by atoms with Gasteiger partial charge in [0.15, 0.2) is 5.11 Å². The molecule has 1 aromatic heterocycles. The lowest BCUT2D eigenvalue weighted by atomic mass is 9.94. The zero-order valence-corrected chi connectivity index (χ0v) is 21.0. The van der Waals surface area contributed by atoms with Gasteiger partial charge >= 0.3 is 0 Å².